The molecule has 1 N–H and O–H groups in total. The Morgan fingerprint density at radius 1 is 0.980 bits per heavy atom. The van der Waals surface area contributed by atoms with Crippen molar-refractivity contribution in [1.29, 1.82) is 0 Å². The fourth-order valence-corrected chi connectivity index (χ4v) is 7.14. The van der Waals surface area contributed by atoms with Gasteiger partial charge in [0.05, 0.1) is 61.5 Å². The molecule has 0 saturated carbocycles. The SMILES string of the molecule is COCCn1cc(-c2ccc(-c3cnc(C(=O)Nc4ccc(C(=O)N5CCN(C(=O)C[N+]6(C)CCCC6)CC5)c(Cl)c4)n3C)c(F)c2F)c(C)n1. The second-order valence-corrected chi connectivity index (χ2v) is 13.9. The van der Waals surface area contributed by atoms with E-state index in [1.165, 1.54) is 36.0 Å². The third kappa shape index (κ3) is 7.53. The lowest BCUT2D eigenvalue weighted by Gasteiger charge is -2.37. The molecule has 0 spiro atoms. The highest BCUT2D eigenvalue weighted by Crippen LogP contribution is 2.33. The van der Waals surface area contributed by atoms with Crippen molar-refractivity contribution in [1.82, 2.24) is 29.1 Å². The van der Waals surface area contributed by atoms with Crippen molar-refractivity contribution in [3.05, 3.63) is 76.5 Å². The first-order chi connectivity index (χ1) is 24.4. The third-order valence-electron chi connectivity index (χ3n) is 9.85. The predicted molar refractivity (Wildman–Crippen MR) is 188 cm³/mol. The molecule has 0 bridgehead atoms. The number of likely N-dealkylation sites (tertiary alicyclic amines) is 1. The van der Waals surface area contributed by atoms with E-state index in [4.69, 9.17) is 16.3 Å². The number of carbonyl (C=O) groups excluding carboxylic acids is 3. The van der Waals surface area contributed by atoms with Crippen molar-refractivity contribution in [2.45, 2.75) is 26.3 Å². The third-order valence-corrected chi connectivity index (χ3v) is 10.2. The first-order valence-electron chi connectivity index (χ1n) is 16.9. The fourth-order valence-electron chi connectivity index (χ4n) is 6.87. The molecule has 0 atom stereocenters. The van der Waals surface area contributed by atoms with Crippen LogP contribution in [0.4, 0.5) is 14.5 Å². The second kappa shape index (κ2) is 14.9. The molecular formula is C36H42ClF2N8O4+. The maximum atomic E-state index is 15.5. The molecular weight excluding hydrogens is 682 g/mol. The number of likely N-dealkylation sites (N-methyl/N-ethyl adjacent to an activating group) is 1. The molecule has 2 aliphatic heterocycles. The zero-order chi connectivity index (χ0) is 36.4. The van der Waals surface area contributed by atoms with Crippen LogP contribution in [0.3, 0.4) is 0 Å². The Bertz CT molecular complexity index is 1960. The van der Waals surface area contributed by atoms with Gasteiger partial charge in [-0.25, -0.2) is 13.8 Å². The highest BCUT2D eigenvalue weighted by Gasteiger charge is 2.33. The van der Waals surface area contributed by atoms with Crippen LogP contribution in [0, 0.1) is 18.6 Å². The summed E-state index contributed by atoms with van der Waals surface area (Å²) in [5.74, 6) is -2.92. The molecule has 4 aromatic rings. The average molecular weight is 724 g/mol. The number of halogens is 3. The summed E-state index contributed by atoms with van der Waals surface area (Å²) in [4.78, 5) is 47.2. The van der Waals surface area contributed by atoms with Gasteiger partial charge in [-0.3, -0.25) is 19.1 Å². The maximum absolute atomic E-state index is 15.5. The molecule has 2 aromatic heterocycles. The van der Waals surface area contributed by atoms with Crippen molar-refractivity contribution >= 4 is 35.0 Å². The highest BCUT2D eigenvalue weighted by atomic mass is 35.5. The molecule has 0 radical (unpaired) electrons. The average Bonchev–Trinajstić information content (AvgIpc) is 3.82. The van der Waals surface area contributed by atoms with E-state index in [1.54, 1.807) is 41.9 Å². The Labute approximate surface area is 300 Å². The Morgan fingerprint density at radius 3 is 2.33 bits per heavy atom. The number of imidazole rings is 1. The number of ether oxygens (including phenoxy) is 1. The second-order valence-electron chi connectivity index (χ2n) is 13.5. The van der Waals surface area contributed by atoms with E-state index >= 15 is 8.78 Å². The van der Waals surface area contributed by atoms with Crippen LogP contribution < -0.4 is 5.32 Å². The molecule has 2 saturated heterocycles. The number of nitrogens with zero attached hydrogens (tertiary/aromatic N) is 7. The highest BCUT2D eigenvalue weighted by molar-refractivity contribution is 6.34. The number of quaternary nitrogens is 1. The summed E-state index contributed by atoms with van der Waals surface area (Å²) in [7, 11) is 5.23. The van der Waals surface area contributed by atoms with E-state index in [-0.39, 0.29) is 45.0 Å². The number of hydrogen-bond donors (Lipinski definition) is 1. The minimum atomic E-state index is -1.08. The van der Waals surface area contributed by atoms with Gasteiger partial charge in [-0.2, -0.15) is 5.10 Å². The van der Waals surface area contributed by atoms with E-state index in [2.05, 4.69) is 22.4 Å². The number of carbonyl (C=O) groups is 3. The number of methoxy groups -OCH3 is 1. The Balaban J connectivity index is 1.09. The van der Waals surface area contributed by atoms with Crippen LogP contribution in [0.15, 0.2) is 42.7 Å². The number of amides is 3. The number of anilines is 1. The summed E-state index contributed by atoms with van der Waals surface area (Å²) in [6.45, 7) is 6.85. The van der Waals surface area contributed by atoms with Gasteiger partial charge >= 0.3 is 0 Å². The number of piperazine rings is 1. The van der Waals surface area contributed by atoms with Crippen LogP contribution in [-0.2, 0) is 23.1 Å². The minimum absolute atomic E-state index is 0.0476. The Morgan fingerprint density at radius 2 is 1.65 bits per heavy atom. The summed E-state index contributed by atoms with van der Waals surface area (Å²) in [5, 5.41) is 7.23. The summed E-state index contributed by atoms with van der Waals surface area (Å²) in [5.41, 5.74) is 1.81. The summed E-state index contributed by atoms with van der Waals surface area (Å²) >= 11 is 6.53. The molecule has 12 nitrogen and oxygen atoms in total. The number of rotatable bonds is 10. The van der Waals surface area contributed by atoms with E-state index < -0.39 is 17.5 Å². The smallest absolute Gasteiger partial charge is 0.291 e. The summed E-state index contributed by atoms with van der Waals surface area (Å²) in [6, 6.07) is 7.51. The van der Waals surface area contributed by atoms with Crippen LogP contribution >= 0.6 is 11.6 Å². The Hall–Kier alpha value is -4.66. The topological polar surface area (TPSA) is 115 Å². The lowest BCUT2D eigenvalue weighted by atomic mass is 10.0. The zero-order valence-corrected chi connectivity index (χ0v) is 30.0. The number of aryl methyl sites for hydroxylation is 1. The fraction of sp³-hybridized carbons (Fsp3) is 0.417. The van der Waals surface area contributed by atoms with E-state index in [0.717, 1.165) is 30.4 Å². The van der Waals surface area contributed by atoms with Gasteiger partial charge < -0.3 is 28.9 Å². The number of benzene rings is 2. The van der Waals surface area contributed by atoms with Crippen molar-refractivity contribution < 1.29 is 32.4 Å². The van der Waals surface area contributed by atoms with E-state index in [0.29, 0.717) is 62.8 Å². The quantitative estimate of drug-likeness (QED) is 0.239. The molecule has 15 heteroatoms. The van der Waals surface area contributed by atoms with E-state index in [1.807, 2.05) is 4.90 Å². The first kappa shape index (κ1) is 36.1. The van der Waals surface area contributed by atoms with Gasteiger partial charge in [-0.1, -0.05) is 17.7 Å². The number of aromatic nitrogens is 4. The van der Waals surface area contributed by atoms with Crippen LogP contribution in [0.25, 0.3) is 22.4 Å². The summed E-state index contributed by atoms with van der Waals surface area (Å²) < 4.78 is 39.8. The molecule has 6 rings (SSSR count). The lowest BCUT2D eigenvalue weighted by molar-refractivity contribution is -0.890. The van der Waals surface area contributed by atoms with Gasteiger partial charge in [-0.15, -0.1) is 0 Å². The van der Waals surface area contributed by atoms with Crippen LogP contribution in [0.2, 0.25) is 5.02 Å². The Kier molecular flexibility index (Phi) is 10.6. The molecule has 0 unspecified atom stereocenters. The molecule has 0 aliphatic carbocycles. The normalized spacial score (nSPS) is 15.7. The molecule has 270 valence electrons. The molecule has 51 heavy (non-hydrogen) atoms. The minimum Gasteiger partial charge on any atom is -0.383 e. The largest absolute Gasteiger partial charge is 0.383 e. The van der Waals surface area contributed by atoms with Crippen LogP contribution in [0.5, 0.6) is 0 Å². The van der Waals surface area contributed by atoms with Crippen molar-refractivity contribution in [3.63, 3.8) is 0 Å². The van der Waals surface area contributed by atoms with Crippen molar-refractivity contribution in [2.75, 3.05) is 71.9 Å². The predicted octanol–water partition coefficient (Wildman–Crippen LogP) is 4.61. The number of hydrogen-bond acceptors (Lipinski definition) is 6. The molecule has 3 amide bonds. The van der Waals surface area contributed by atoms with Gasteiger partial charge in [0.15, 0.2) is 24.0 Å². The van der Waals surface area contributed by atoms with Gasteiger partial charge in [0.1, 0.15) is 0 Å². The van der Waals surface area contributed by atoms with Crippen molar-refractivity contribution in [2.24, 2.45) is 7.05 Å². The zero-order valence-electron chi connectivity index (χ0n) is 29.2. The number of nitrogens with one attached hydrogen (secondary N) is 1. The van der Waals surface area contributed by atoms with Gasteiger partial charge in [0.25, 0.3) is 17.7 Å². The van der Waals surface area contributed by atoms with Gasteiger partial charge in [0.2, 0.25) is 0 Å². The molecule has 2 fully saturated rings. The van der Waals surface area contributed by atoms with Gasteiger partial charge in [-0.05, 0) is 31.2 Å². The van der Waals surface area contributed by atoms with Crippen LogP contribution in [-0.4, -0.2) is 118 Å². The molecule has 2 aromatic carbocycles. The molecule has 4 heterocycles. The monoisotopic (exact) mass is 723 g/mol. The molecule has 2 aliphatic rings. The maximum Gasteiger partial charge on any atom is 0.291 e. The first-order valence-corrected chi connectivity index (χ1v) is 17.3. The van der Waals surface area contributed by atoms with Crippen LogP contribution in [0.1, 0.15) is 39.5 Å². The van der Waals surface area contributed by atoms with Gasteiger partial charge in [0, 0.05) is 81.8 Å². The lowest BCUT2D eigenvalue weighted by Crippen LogP contribution is -2.55. The standard InChI is InChI=1S/C36H41ClF2N8O4/c1-23-28(21-46(42-23)15-18-51-4)25-9-10-27(33(39)32(25)38)30-20-40-34(43(30)2)35(49)41-24-7-8-26(29(37)19-24)36(50)45-13-11-44(12-14-45)31(48)22-47(3)16-5-6-17-47/h7-10,19-21H,5-6,11-18,22H2,1-4H3/p+1. The van der Waals surface area contributed by atoms with Crippen molar-refractivity contribution in [3.8, 4) is 22.4 Å². The van der Waals surface area contributed by atoms with E-state index in [9.17, 15) is 14.4 Å². The summed E-state index contributed by atoms with van der Waals surface area (Å²) in [6.07, 6.45) is 5.24.